The number of hydrogen-bond donors (Lipinski definition) is 1. The molecule has 0 aromatic heterocycles. The molecule has 1 aliphatic heterocycles. The largest absolute Gasteiger partial charge is 0.371 e. The SMILES string of the molecule is CNCC(C)CN1CCCCCc2ccccc21.Cl. The Kier molecular flexibility index (Phi) is 7.25. The Balaban J connectivity index is 0.00000180. The molecule has 0 saturated heterocycles. The highest BCUT2D eigenvalue weighted by Gasteiger charge is 2.15. The van der Waals surface area contributed by atoms with Crippen LogP contribution < -0.4 is 10.2 Å². The van der Waals surface area contributed by atoms with Crippen molar-refractivity contribution in [2.75, 3.05) is 31.6 Å². The van der Waals surface area contributed by atoms with Crippen LogP contribution in [0.1, 0.15) is 31.7 Å². The summed E-state index contributed by atoms with van der Waals surface area (Å²) < 4.78 is 0. The van der Waals surface area contributed by atoms with Gasteiger partial charge in [-0.3, -0.25) is 0 Å². The second-order valence-electron chi connectivity index (χ2n) is 5.55. The van der Waals surface area contributed by atoms with E-state index >= 15 is 0 Å². The van der Waals surface area contributed by atoms with Crippen molar-refractivity contribution in [1.29, 1.82) is 0 Å². The Bertz CT molecular complexity index is 368. The maximum Gasteiger partial charge on any atom is 0.0398 e. The van der Waals surface area contributed by atoms with Gasteiger partial charge in [0.25, 0.3) is 0 Å². The molecule has 2 rings (SSSR count). The van der Waals surface area contributed by atoms with Crippen LogP contribution in [-0.2, 0) is 6.42 Å². The fraction of sp³-hybridized carbons (Fsp3) is 0.625. The lowest BCUT2D eigenvalue weighted by Gasteiger charge is -2.31. The van der Waals surface area contributed by atoms with E-state index in [1.165, 1.54) is 43.5 Å². The summed E-state index contributed by atoms with van der Waals surface area (Å²) in [6, 6.07) is 8.95. The van der Waals surface area contributed by atoms with E-state index in [-0.39, 0.29) is 12.4 Å². The van der Waals surface area contributed by atoms with Crippen LogP contribution in [0.25, 0.3) is 0 Å². The van der Waals surface area contributed by atoms with E-state index in [1.54, 1.807) is 0 Å². The highest BCUT2D eigenvalue weighted by Crippen LogP contribution is 2.26. The number of anilines is 1. The number of nitrogens with zero attached hydrogens (tertiary/aromatic N) is 1. The van der Waals surface area contributed by atoms with E-state index in [1.807, 2.05) is 7.05 Å². The van der Waals surface area contributed by atoms with Crippen LogP contribution in [0.4, 0.5) is 5.69 Å². The summed E-state index contributed by atoms with van der Waals surface area (Å²) in [4.78, 5) is 2.59. The van der Waals surface area contributed by atoms with E-state index in [4.69, 9.17) is 0 Å². The van der Waals surface area contributed by atoms with Crippen LogP contribution in [0.15, 0.2) is 24.3 Å². The van der Waals surface area contributed by atoms with E-state index in [9.17, 15) is 0 Å². The van der Waals surface area contributed by atoms with Crippen molar-refractivity contribution in [2.45, 2.75) is 32.6 Å². The normalized spacial score (nSPS) is 16.8. The van der Waals surface area contributed by atoms with Crippen molar-refractivity contribution in [3.8, 4) is 0 Å². The van der Waals surface area contributed by atoms with Crippen molar-refractivity contribution < 1.29 is 0 Å². The number of rotatable bonds is 4. The molecule has 0 radical (unpaired) electrons. The highest BCUT2D eigenvalue weighted by atomic mass is 35.5. The third-order valence-corrected chi connectivity index (χ3v) is 3.79. The molecule has 1 atom stereocenters. The molecule has 0 bridgehead atoms. The molecule has 0 saturated carbocycles. The van der Waals surface area contributed by atoms with E-state index in [2.05, 4.69) is 41.4 Å². The second kappa shape index (κ2) is 8.44. The summed E-state index contributed by atoms with van der Waals surface area (Å²) in [7, 11) is 2.04. The summed E-state index contributed by atoms with van der Waals surface area (Å²) in [5.74, 6) is 0.697. The molecule has 1 aromatic rings. The quantitative estimate of drug-likeness (QED) is 0.909. The van der Waals surface area contributed by atoms with Gasteiger partial charge in [0.05, 0.1) is 0 Å². The van der Waals surface area contributed by atoms with Crippen molar-refractivity contribution in [3.05, 3.63) is 29.8 Å². The van der Waals surface area contributed by atoms with Gasteiger partial charge in [0, 0.05) is 18.8 Å². The minimum absolute atomic E-state index is 0. The lowest BCUT2D eigenvalue weighted by atomic mass is 10.0. The molecule has 1 unspecified atom stereocenters. The third-order valence-electron chi connectivity index (χ3n) is 3.79. The number of aryl methyl sites for hydroxylation is 1. The minimum atomic E-state index is 0. The predicted molar refractivity (Wildman–Crippen MR) is 86.5 cm³/mol. The molecule has 19 heavy (non-hydrogen) atoms. The molecule has 1 aliphatic rings. The predicted octanol–water partition coefficient (Wildman–Crippen LogP) is 3.50. The summed E-state index contributed by atoms with van der Waals surface area (Å²) in [5, 5.41) is 3.28. The van der Waals surface area contributed by atoms with E-state index < -0.39 is 0 Å². The smallest absolute Gasteiger partial charge is 0.0398 e. The third kappa shape index (κ3) is 4.70. The first kappa shape index (κ1) is 16.3. The van der Waals surface area contributed by atoms with Crippen LogP contribution in [0.5, 0.6) is 0 Å². The Labute approximate surface area is 124 Å². The molecule has 1 N–H and O–H groups in total. The molecular formula is C16H27ClN2. The molecule has 1 aromatic carbocycles. The lowest BCUT2D eigenvalue weighted by molar-refractivity contribution is 0.515. The Hall–Kier alpha value is -0.730. The van der Waals surface area contributed by atoms with Crippen LogP contribution in [0.2, 0.25) is 0 Å². The van der Waals surface area contributed by atoms with Gasteiger partial charge < -0.3 is 10.2 Å². The fourth-order valence-corrected chi connectivity index (χ4v) is 2.92. The van der Waals surface area contributed by atoms with Gasteiger partial charge in [-0.05, 0) is 50.4 Å². The first-order chi connectivity index (χ1) is 8.81. The molecule has 0 fully saturated rings. The Morgan fingerprint density at radius 2 is 2.00 bits per heavy atom. The van der Waals surface area contributed by atoms with Crippen molar-refractivity contribution in [1.82, 2.24) is 5.32 Å². The van der Waals surface area contributed by atoms with Gasteiger partial charge in [0.2, 0.25) is 0 Å². The maximum atomic E-state index is 3.28. The highest BCUT2D eigenvalue weighted by molar-refractivity contribution is 5.85. The minimum Gasteiger partial charge on any atom is -0.371 e. The van der Waals surface area contributed by atoms with Gasteiger partial charge >= 0.3 is 0 Å². The zero-order chi connectivity index (χ0) is 12.8. The van der Waals surface area contributed by atoms with E-state index in [0.717, 1.165) is 13.1 Å². The average molecular weight is 283 g/mol. The zero-order valence-corrected chi connectivity index (χ0v) is 13.0. The van der Waals surface area contributed by atoms with Crippen LogP contribution in [-0.4, -0.2) is 26.7 Å². The molecule has 2 nitrogen and oxygen atoms in total. The molecule has 3 heteroatoms. The lowest BCUT2D eigenvalue weighted by Crippen LogP contribution is -2.34. The summed E-state index contributed by atoms with van der Waals surface area (Å²) >= 11 is 0. The number of hydrogen-bond acceptors (Lipinski definition) is 2. The molecule has 108 valence electrons. The summed E-state index contributed by atoms with van der Waals surface area (Å²) in [5.41, 5.74) is 3.01. The van der Waals surface area contributed by atoms with E-state index in [0.29, 0.717) is 5.92 Å². The number of nitrogens with one attached hydrogen (secondary N) is 1. The standard InChI is InChI=1S/C16H26N2.ClH/c1-14(12-17-2)13-18-11-7-3-4-8-15-9-5-6-10-16(15)18;/h5-6,9-10,14,17H,3-4,7-8,11-13H2,1-2H3;1H. The van der Waals surface area contributed by atoms with Crippen LogP contribution in [0, 0.1) is 5.92 Å². The first-order valence-electron chi connectivity index (χ1n) is 7.28. The first-order valence-corrected chi connectivity index (χ1v) is 7.28. The molecular weight excluding hydrogens is 256 g/mol. The summed E-state index contributed by atoms with van der Waals surface area (Å²) in [6.07, 6.45) is 5.29. The van der Waals surface area contributed by atoms with Crippen molar-refractivity contribution in [2.24, 2.45) is 5.92 Å². The van der Waals surface area contributed by atoms with Gasteiger partial charge in [-0.25, -0.2) is 0 Å². The monoisotopic (exact) mass is 282 g/mol. The number of para-hydroxylation sites is 1. The van der Waals surface area contributed by atoms with Crippen LogP contribution in [0.3, 0.4) is 0 Å². The molecule has 0 aliphatic carbocycles. The Morgan fingerprint density at radius 3 is 2.79 bits per heavy atom. The topological polar surface area (TPSA) is 15.3 Å². The van der Waals surface area contributed by atoms with Gasteiger partial charge in [0.1, 0.15) is 0 Å². The fourth-order valence-electron chi connectivity index (χ4n) is 2.92. The summed E-state index contributed by atoms with van der Waals surface area (Å²) in [6.45, 7) is 5.81. The Morgan fingerprint density at radius 1 is 1.21 bits per heavy atom. The van der Waals surface area contributed by atoms with Gasteiger partial charge in [-0.1, -0.05) is 31.5 Å². The zero-order valence-electron chi connectivity index (χ0n) is 12.2. The van der Waals surface area contributed by atoms with Crippen molar-refractivity contribution in [3.63, 3.8) is 0 Å². The second-order valence-corrected chi connectivity index (χ2v) is 5.55. The maximum absolute atomic E-state index is 3.28. The number of halogens is 1. The van der Waals surface area contributed by atoms with Gasteiger partial charge in [0.15, 0.2) is 0 Å². The van der Waals surface area contributed by atoms with Crippen LogP contribution >= 0.6 is 12.4 Å². The number of benzene rings is 1. The molecule has 1 heterocycles. The van der Waals surface area contributed by atoms with Gasteiger partial charge in [-0.2, -0.15) is 0 Å². The molecule has 0 amide bonds. The van der Waals surface area contributed by atoms with Gasteiger partial charge in [-0.15, -0.1) is 12.4 Å². The number of fused-ring (bicyclic) bond motifs is 1. The molecule has 0 spiro atoms. The van der Waals surface area contributed by atoms with Crippen molar-refractivity contribution >= 4 is 18.1 Å². The average Bonchev–Trinajstić information content (AvgIpc) is 2.35.